The second kappa shape index (κ2) is 4.69. The smallest absolute Gasteiger partial charge is 0.166 e. The van der Waals surface area contributed by atoms with Crippen LogP contribution in [0.3, 0.4) is 0 Å². The Morgan fingerprint density at radius 3 is 2.67 bits per heavy atom. The van der Waals surface area contributed by atoms with E-state index >= 15 is 0 Å². The van der Waals surface area contributed by atoms with Crippen LogP contribution in [0.15, 0.2) is 53.0 Å². The molecule has 1 atom stereocenters. The van der Waals surface area contributed by atoms with E-state index in [-0.39, 0.29) is 5.92 Å². The monoisotopic (exact) mass is 300 g/mol. The van der Waals surface area contributed by atoms with Crippen molar-refractivity contribution in [2.24, 2.45) is 5.92 Å². The van der Waals surface area contributed by atoms with Crippen LogP contribution in [0.5, 0.6) is 0 Å². The Kier molecular flexibility index (Phi) is 3.04. The molecule has 0 aromatic heterocycles. The van der Waals surface area contributed by atoms with Gasteiger partial charge in [-0.05, 0) is 36.1 Å². The average Bonchev–Trinajstić information content (AvgIpc) is 2.67. The summed E-state index contributed by atoms with van der Waals surface area (Å²) in [5, 5.41) is 0. The maximum atomic E-state index is 12.3. The molecule has 1 aliphatic carbocycles. The van der Waals surface area contributed by atoms with Crippen LogP contribution >= 0.6 is 15.9 Å². The molecule has 0 heterocycles. The van der Waals surface area contributed by atoms with Crippen molar-refractivity contribution >= 4 is 21.7 Å². The summed E-state index contributed by atoms with van der Waals surface area (Å²) >= 11 is 3.46. The minimum atomic E-state index is 0.108. The van der Waals surface area contributed by atoms with Crippen molar-refractivity contribution < 1.29 is 4.79 Å². The van der Waals surface area contributed by atoms with Crippen LogP contribution in [-0.4, -0.2) is 5.78 Å². The van der Waals surface area contributed by atoms with E-state index in [4.69, 9.17) is 0 Å². The summed E-state index contributed by atoms with van der Waals surface area (Å²) in [6.45, 7) is 0. The minimum Gasteiger partial charge on any atom is -0.294 e. The Bertz CT molecular complexity index is 589. The van der Waals surface area contributed by atoms with Crippen LogP contribution in [0.2, 0.25) is 0 Å². The van der Waals surface area contributed by atoms with Gasteiger partial charge < -0.3 is 0 Å². The summed E-state index contributed by atoms with van der Waals surface area (Å²) < 4.78 is 1.05. The molecule has 0 spiro atoms. The van der Waals surface area contributed by atoms with Gasteiger partial charge in [0.2, 0.25) is 0 Å². The highest BCUT2D eigenvalue weighted by atomic mass is 79.9. The van der Waals surface area contributed by atoms with Crippen molar-refractivity contribution in [2.75, 3.05) is 0 Å². The van der Waals surface area contributed by atoms with Gasteiger partial charge in [-0.3, -0.25) is 4.79 Å². The van der Waals surface area contributed by atoms with Gasteiger partial charge in [0.15, 0.2) is 5.78 Å². The van der Waals surface area contributed by atoms with Crippen molar-refractivity contribution in [1.82, 2.24) is 0 Å². The summed E-state index contributed by atoms with van der Waals surface area (Å²) in [7, 11) is 0. The van der Waals surface area contributed by atoms with E-state index in [1.165, 1.54) is 11.1 Å². The first-order valence-electron chi connectivity index (χ1n) is 6.10. The summed E-state index contributed by atoms with van der Waals surface area (Å²) in [6.07, 6.45) is 1.70. The molecule has 1 aliphatic rings. The number of halogens is 1. The van der Waals surface area contributed by atoms with Crippen molar-refractivity contribution in [1.29, 1.82) is 0 Å². The molecule has 2 heteroatoms. The minimum absolute atomic E-state index is 0.108. The molecular formula is C16H13BrO. The number of rotatable bonds is 2. The van der Waals surface area contributed by atoms with Crippen molar-refractivity contribution in [3.05, 3.63) is 69.7 Å². The average molecular weight is 301 g/mol. The van der Waals surface area contributed by atoms with E-state index < -0.39 is 0 Å². The van der Waals surface area contributed by atoms with Gasteiger partial charge in [-0.25, -0.2) is 0 Å². The van der Waals surface area contributed by atoms with Gasteiger partial charge in [0.1, 0.15) is 0 Å². The lowest BCUT2D eigenvalue weighted by atomic mass is 9.96. The van der Waals surface area contributed by atoms with Crippen LogP contribution in [0.4, 0.5) is 0 Å². The largest absolute Gasteiger partial charge is 0.294 e. The number of hydrogen-bond acceptors (Lipinski definition) is 1. The topological polar surface area (TPSA) is 17.1 Å². The lowest BCUT2D eigenvalue weighted by molar-refractivity contribution is 0.0936. The molecule has 90 valence electrons. The molecule has 0 N–H and O–H groups in total. The molecule has 2 aromatic rings. The number of fused-ring (bicyclic) bond motifs is 1. The number of Topliss-reactive ketones (excluding diaryl/α,β-unsaturated/α-hetero) is 1. The third-order valence-electron chi connectivity index (χ3n) is 3.49. The molecule has 0 amide bonds. The van der Waals surface area contributed by atoms with E-state index in [0.717, 1.165) is 22.9 Å². The second-order valence-electron chi connectivity index (χ2n) is 4.76. The Hall–Kier alpha value is -1.41. The second-order valence-corrected chi connectivity index (χ2v) is 5.67. The Morgan fingerprint density at radius 2 is 1.89 bits per heavy atom. The van der Waals surface area contributed by atoms with Crippen LogP contribution in [-0.2, 0) is 12.8 Å². The highest BCUT2D eigenvalue weighted by molar-refractivity contribution is 9.10. The Balaban J connectivity index is 1.84. The Labute approximate surface area is 115 Å². The van der Waals surface area contributed by atoms with Crippen LogP contribution in [0.25, 0.3) is 0 Å². The van der Waals surface area contributed by atoms with E-state index in [2.05, 4.69) is 34.1 Å². The predicted octanol–water partition coefficient (Wildman–Crippen LogP) is 4.05. The summed E-state index contributed by atoms with van der Waals surface area (Å²) in [5.74, 6) is 0.401. The van der Waals surface area contributed by atoms with E-state index in [9.17, 15) is 4.79 Å². The SMILES string of the molecule is O=C1c2ccc(Br)cc2CC1Cc1ccccc1. The van der Waals surface area contributed by atoms with Gasteiger partial charge in [0, 0.05) is 16.0 Å². The number of hydrogen-bond donors (Lipinski definition) is 0. The molecule has 3 rings (SSSR count). The maximum absolute atomic E-state index is 12.3. The summed E-state index contributed by atoms with van der Waals surface area (Å²) in [6, 6.07) is 16.2. The van der Waals surface area contributed by atoms with E-state index in [1.807, 2.05) is 30.3 Å². The quantitative estimate of drug-likeness (QED) is 0.818. The molecule has 0 radical (unpaired) electrons. The molecule has 0 saturated carbocycles. The van der Waals surface area contributed by atoms with Crippen LogP contribution < -0.4 is 0 Å². The fourth-order valence-corrected chi connectivity index (χ4v) is 3.02. The lowest BCUT2D eigenvalue weighted by Crippen LogP contribution is -2.11. The normalized spacial score (nSPS) is 17.8. The number of carbonyl (C=O) groups excluding carboxylic acids is 1. The maximum Gasteiger partial charge on any atom is 0.166 e. The van der Waals surface area contributed by atoms with Gasteiger partial charge in [-0.15, -0.1) is 0 Å². The van der Waals surface area contributed by atoms with Gasteiger partial charge in [-0.2, -0.15) is 0 Å². The predicted molar refractivity (Wildman–Crippen MR) is 75.8 cm³/mol. The molecule has 2 aromatic carbocycles. The van der Waals surface area contributed by atoms with E-state index in [0.29, 0.717) is 5.78 Å². The zero-order valence-electron chi connectivity index (χ0n) is 9.90. The zero-order chi connectivity index (χ0) is 12.5. The molecular weight excluding hydrogens is 288 g/mol. The van der Waals surface area contributed by atoms with Gasteiger partial charge in [0.25, 0.3) is 0 Å². The van der Waals surface area contributed by atoms with Crippen molar-refractivity contribution in [2.45, 2.75) is 12.8 Å². The molecule has 0 saturated heterocycles. The Morgan fingerprint density at radius 1 is 1.11 bits per heavy atom. The third kappa shape index (κ3) is 2.13. The van der Waals surface area contributed by atoms with Gasteiger partial charge >= 0.3 is 0 Å². The summed E-state index contributed by atoms with van der Waals surface area (Å²) in [5.41, 5.74) is 3.32. The van der Waals surface area contributed by atoms with Crippen molar-refractivity contribution in [3.8, 4) is 0 Å². The summed E-state index contributed by atoms with van der Waals surface area (Å²) in [4.78, 5) is 12.3. The molecule has 18 heavy (non-hydrogen) atoms. The van der Waals surface area contributed by atoms with Crippen molar-refractivity contribution in [3.63, 3.8) is 0 Å². The highest BCUT2D eigenvalue weighted by Gasteiger charge is 2.30. The van der Waals surface area contributed by atoms with E-state index in [1.54, 1.807) is 0 Å². The molecule has 0 fully saturated rings. The standard InChI is InChI=1S/C16H13BrO/c17-14-6-7-15-12(10-14)9-13(16(15)18)8-11-4-2-1-3-5-11/h1-7,10,13H,8-9H2. The van der Waals surface area contributed by atoms with Gasteiger partial charge in [-0.1, -0.05) is 52.3 Å². The number of ketones is 1. The lowest BCUT2D eigenvalue weighted by Gasteiger charge is -2.07. The molecule has 0 aliphatic heterocycles. The first-order valence-corrected chi connectivity index (χ1v) is 6.90. The fourth-order valence-electron chi connectivity index (χ4n) is 2.61. The van der Waals surface area contributed by atoms with Gasteiger partial charge in [0.05, 0.1) is 0 Å². The van der Waals surface area contributed by atoms with Crippen LogP contribution in [0, 0.1) is 5.92 Å². The first-order chi connectivity index (χ1) is 8.74. The first kappa shape index (κ1) is 11.7. The molecule has 1 nitrogen and oxygen atoms in total. The molecule has 0 bridgehead atoms. The molecule has 1 unspecified atom stereocenters. The fraction of sp³-hybridized carbons (Fsp3) is 0.188. The number of benzene rings is 2. The third-order valence-corrected chi connectivity index (χ3v) is 3.99. The van der Waals surface area contributed by atoms with Crippen LogP contribution in [0.1, 0.15) is 21.5 Å². The highest BCUT2D eigenvalue weighted by Crippen LogP contribution is 2.31. The number of carbonyl (C=O) groups is 1. The zero-order valence-corrected chi connectivity index (χ0v) is 11.5.